The number of rotatable bonds is 5. The van der Waals surface area contributed by atoms with Crippen molar-refractivity contribution in [2.45, 2.75) is 71.1 Å². The number of likely N-dealkylation sites (tertiary alicyclic amines) is 1. The molecule has 2 aromatic rings. The quantitative estimate of drug-likeness (QED) is 0.623. The largest absolute Gasteiger partial charge is 0.465 e. The number of amides is 2. The maximum absolute atomic E-state index is 13.5. The maximum Gasteiger partial charge on any atom is 0.337 e. The Morgan fingerprint density at radius 2 is 1.78 bits per heavy atom. The summed E-state index contributed by atoms with van der Waals surface area (Å²) in [7, 11) is 3.17. The monoisotopic (exact) mass is 509 g/mol. The zero-order chi connectivity index (χ0) is 27.1. The average molecular weight is 510 g/mol. The normalized spacial score (nSPS) is 19.7. The Balaban J connectivity index is 1.52. The van der Waals surface area contributed by atoms with Gasteiger partial charge in [0.05, 0.1) is 30.1 Å². The summed E-state index contributed by atoms with van der Waals surface area (Å²) in [6.45, 7) is 11.9. The van der Waals surface area contributed by atoms with Gasteiger partial charge in [-0.05, 0) is 29.7 Å². The molecule has 1 atom stereocenters. The van der Waals surface area contributed by atoms with Crippen LogP contribution in [0.2, 0.25) is 0 Å². The van der Waals surface area contributed by atoms with Crippen molar-refractivity contribution < 1.29 is 19.1 Å². The Kier molecular flexibility index (Phi) is 7.21. The highest BCUT2D eigenvalue weighted by atomic mass is 16.5. The lowest BCUT2D eigenvalue weighted by Crippen LogP contribution is -2.59. The zero-order valence-corrected chi connectivity index (χ0v) is 23.0. The summed E-state index contributed by atoms with van der Waals surface area (Å²) in [4.78, 5) is 42.5. The number of hydrogen-bond acceptors (Lipinski definition) is 6. The summed E-state index contributed by atoms with van der Waals surface area (Å²) in [5, 5.41) is 8.21. The second-order valence-corrected chi connectivity index (χ2v) is 11.6. The number of nitrogens with zero attached hydrogens (tertiary/aromatic N) is 4. The van der Waals surface area contributed by atoms with Crippen molar-refractivity contribution in [3.8, 4) is 0 Å². The van der Waals surface area contributed by atoms with Crippen molar-refractivity contribution in [3.63, 3.8) is 0 Å². The van der Waals surface area contributed by atoms with Gasteiger partial charge in [0.2, 0.25) is 5.91 Å². The Labute approximate surface area is 219 Å². The van der Waals surface area contributed by atoms with Crippen molar-refractivity contribution in [3.05, 3.63) is 52.8 Å². The first kappa shape index (κ1) is 26.9. The molecule has 4 rings (SSSR count). The number of esters is 1. The fraction of sp³-hybridized carbons (Fsp3) is 0.571. The third-order valence-electron chi connectivity index (χ3n) is 7.60. The standard InChI is InChI=1S/C28H39N5O4/c1-18(2)23-25(35)33(17-19-8-10-20(11-9-19)26(36)37-7)28(29-23)12-14-32(15-13-28)24(34)21-16-22(27(3,4)5)30-31(21)6/h8-11,16,18,23,29H,12-15,17H2,1-7H3. The van der Waals surface area contributed by atoms with Gasteiger partial charge in [0.15, 0.2) is 0 Å². The zero-order valence-electron chi connectivity index (χ0n) is 23.0. The van der Waals surface area contributed by atoms with E-state index < -0.39 is 5.66 Å². The number of aromatic nitrogens is 2. The summed E-state index contributed by atoms with van der Waals surface area (Å²) in [5.74, 6) is -0.203. The van der Waals surface area contributed by atoms with E-state index in [1.54, 1.807) is 16.8 Å². The second-order valence-electron chi connectivity index (χ2n) is 11.6. The fourth-order valence-electron chi connectivity index (χ4n) is 5.23. The number of ether oxygens (including phenoxy) is 1. The van der Waals surface area contributed by atoms with E-state index in [0.29, 0.717) is 43.7 Å². The molecule has 1 aromatic heterocycles. The summed E-state index contributed by atoms with van der Waals surface area (Å²) in [6, 6.07) is 8.80. The van der Waals surface area contributed by atoms with E-state index in [4.69, 9.17) is 4.74 Å². The maximum atomic E-state index is 13.5. The van der Waals surface area contributed by atoms with Gasteiger partial charge < -0.3 is 14.5 Å². The molecular formula is C28H39N5O4. The van der Waals surface area contributed by atoms with Gasteiger partial charge in [-0.1, -0.05) is 46.8 Å². The third-order valence-corrected chi connectivity index (χ3v) is 7.60. The average Bonchev–Trinajstić information content (AvgIpc) is 3.38. The van der Waals surface area contributed by atoms with Crippen LogP contribution in [0, 0.1) is 5.92 Å². The molecule has 1 aromatic carbocycles. The summed E-state index contributed by atoms with van der Waals surface area (Å²) >= 11 is 0. The molecule has 2 fully saturated rings. The van der Waals surface area contributed by atoms with Crippen LogP contribution in [0.5, 0.6) is 0 Å². The molecule has 9 nitrogen and oxygen atoms in total. The van der Waals surface area contributed by atoms with Gasteiger partial charge >= 0.3 is 5.97 Å². The molecule has 9 heteroatoms. The Bertz CT molecular complexity index is 1170. The Morgan fingerprint density at radius 3 is 2.30 bits per heavy atom. The lowest BCUT2D eigenvalue weighted by atomic mass is 9.92. The van der Waals surface area contributed by atoms with Gasteiger partial charge in [0.1, 0.15) is 5.69 Å². The van der Waals surface area contributed by atoms with Crippen LogP contribution in [0.15, 0.2) is 30.3 Å². The van der Waals surface area contributed by atoms with Crippen LogP contribution >= 0.6 is 0 Å². The highest BCUT2D eigenvalue weighted by Gasteiger charge is 2.52. The van der Waals surface area contributed by atoms with E-state index in [2.05, 4.69) is 31.2 Å². The predicted octanol–water partition coefficient (Wildman–Crippen LogP) is 3.09. The van der Waals surface area contributed by atoms with E-state index in [9.17, 15) is 14.4 Å². The third kappa shape index (κ3) is 5.14. The summed E-state index contributed by atoms with van der Waals surface area (Å²) in [5.41, 5.74) is 2.22. The minimum Gasteiger partial charge on any atom is -0.465 e. The molecular weight excluding hydrogens is 470 g/mol. The van der Waals surface area contributed by atoms with Crippen LogP contribution in [-0.2, 0) is 28.5 Å². The number of nitrogens with one attached hydrogen (secondary N) is 1. The van der Waals surface area contributed by atoms with Gasteiger partial charge in [-0.3, -0.25) is 19.6 Å². The second kappa shape index (κ2) is 9.93. The lowest BCUT2D eigenvalue weighted by molar-refractivity contribution is -0.134. The minimum atomic E-state index is -0.521. The smallest absolute Gasteiger partial charge is 0.337 e. The first-order valence-electron chi connectivity index (χ1n) is 13.0. The number of carbonyl (C=O) groups excluding carboxylic acids is 3. The van der Waals surface area contributed by atoms with Crippen LogP contribution in [0.4, 0.5) is 0 Å². The van der Waals surface area contributed by atoms with Crippen LogP contribution in [0.25, 0.3) is 0 Å². The summed E-state index contributed by atoms with van der Waals surface area (Å²) < 4.78 is 6.46. The molecule has 37 heavy (non-hydrogen) atoms. The molecule has 2 aliphatic heterocycles. The molecule has 200 valence electrons. The van der Waals surface area contributed by atoms with Gasteiger partial charge in [-0.25, -0.2) is 4.79 Å². The van der Waals surface area contributed by atoms with Crippen molar-refractivity contribution in [1.29, 1.82) is 0 Å². The lowest BCUT2D eigenvalue weighted by Gasteiger charge is -2.44. The van der Waals surface area contributed by atoms with E-state index in [0.717, 1.165) is 11.3 Å². The number of piperidine rings is 1. The van der Waals surface area contributed by atoms with E-state index in [1.165, 1.54) is 7.11 Å². The molecule has 0 aliphatic carbocycles. The number of benzene rings is 1. The number of carbonyl (C=O) groups is 3. The Hall–Kier alpha value is -3.20. The van der Waals surface area contributed by atoms with Crippen molar-refractivity contribution in [2.24, 2.45) is 13.0 Å². The van der Waals surface area contributed by atoms with Gasteiger partial charge in [-0.15, -0.1) is 0 Å². The molecule has 2 aliphatic rings. The van der Waals surface area contributed by atoms with Crippen molar-refractivity contribution in [2.75, 3.05) is 20.2 Å². The molecule has 3 heterocycles. The van der Waals surface area contributed by atoms with Crippen LogP contribution in [0.1, 0.15) is 79.6 Å². The molecule has 0 bridgehead atoms. The minimum absolute atomic E-state index is 0.0324. The topological polar surface area (TPSA) is 96.8 Å². The van der Waals surface area contributed by atoms with Crippen LogP contribution in [0.3, 0.4) is 0 Å². The van der Waals surface area contributed by atoms with E-state index in [1.807, 2.05) is 48.9 Å². The first-order chi connectivity index (χ1) is 17.4. The molecule has 2 saturated heterocycles. The van der Waals surface area contributed by atoms with Gasteiger partial charge in [-0.2, -0.15) is 5.10 Å². The number of methoxy groups -OCH3 is 1. The molecule has 2 amide bonds. The fourth-order valence-corrected chi connectivity index (χ4v) is 5.23. The van der Waals surface area contributed by atoms with Gasteiger partial charge in [0, 0.05) is 44.9 Å². The molecule has 1 unspecified atom stereocenters. The van der Waals surface area contributed by atoms with Crippen LogP contribution < -0.4 is 5.32 Å². The van der Waals surface area contributed by atoms with E-state index >= 15 is 0 Å². The van der Waals surface area contributed by atoms with Crippen molar-refractivity contribution >= 4 is 17.8 Å². The molecule has 1 spiro atoms. The Morgan fingerprint density at radius 1 is 1.16 bits per heavy atom. The van der Waals surface area contributed by atoms with E-state index in [-0.39, 0.29) is 35.2 Å². The number of aryl methyl sites for hydroxylation is 1. The molecule has 0 saturated carbocycles. The number of hydrogen-bond donors (Lipinski definition) is 1. The SMILES string of the molecule is COC(=O)c1ccc(CN2C(=O)C(C(C)C)NC23CCN(C(=O)c2cc(C(C)(C)C)nn2C)CC3)cc1. The summed E-state index contributed by atoms with van der Waals surface area (Å²) in [6.07, 6.45) is 1.27. The van der Waals surface area contributed by atoms with Crippen LogP contribution in [-0.4, -0.2) is 69.3 Å². The first-order valence-corrected chi connectivity index (χ1v) is 13.0. The molecule has 1 N–H and O–H groups in total. The van der Waals surface area contributed by atoms with Crippen molar-refractivity contribution in [1.82, 2.24) is 24.9 Å². The molecule has 0 radical (unpaired) electrons. The predicted molar refractivity (Wildman–Crippen MR) is 140 cm³/mol. The highest BCUT2D eigenvalue weighted by Crippen LogP contribution is 2.36. The highest BCUT2D eigenvalue weighted by molar-refractivity contribution is 5.93. The van der Waals surface area contributed by atoms with Gasteiger partial charge in [0.25, 0.3) is 5.91 Å².